The Hall–Kier alpha value is -1.04. The summed E-state index contributed by atoms with van der Waals surface area (Å²) in [5.41, 5.74) is 0. The number of nitrogens with one attached hydrogen (secondary N) is 1. The Balaban J connectivity index is 4.11. The van der Waals surface area contributed by atoms with Gasteiger partial charge in [-0.1, -0.05) is 33.6 Å². The number of carbonyl (C=O) groups is 2. The number of carboxylic acids is 1. The first-order valence-electron chi connectivity index (χ1n) is 7.96. The first-order valence-corrected chi connectivity index (χ1v) is 7.96. The maximum Gasteiger partial charge on any atom is 0.325 e. The third-order valence-electron chi connectivity index (χ3n) is 3.57. The molecule has 21 heavy (non-hydrogen) atoms. The highest BCUT2D eigenvalue weighted by Gasteiger charge is 2.20. The van der Waals surface area contributed by atoms with E-state index in [1.54, 1.807) is 0 Å². The summed E-state index contributed by atoms with van der Waals surface area (Å²) in [6.45, 7) is 6.73. The van der Waals surface area contributed by atoms with E-state index in [0.29, 0.717) is 18.9 Å². The summed E-state index contributed by atoms with van der Waals surface area (Å²) >= 11 is 0. The van der Waals surface area contributed by atoms with Gasteiger partial charge in [0.1, 0.15) is 6.04 Å². The largest absolute Gasteiger partial charge is 0.543 e. The molecule has 122 valence electrons. The zero-order valence-electron chi connectivity index (χ0n) is 13.9. The van der Waals surface area contributed by atoms with Gasteiger partial charge in [0.2, 0.25) is 0 Å². The van der Waals surface area contributed by atoms with Crippen molar-refractivity contribution >= 4 is 20.0 Å². The topological polar surface area (TPSA) is 75.6 Å². The standard InChI is InChI=1S/C15H30BNO4/c1-4-5-7-12(15(20)21-16)8-6-9-17-13(14(18)19)10-11(2)3/h11-13,17H,4-10,16H2,1-3H3,(H,18,19). The summed E-state index contributed by atoms with van der Waals surface area (Å²) in [6.07, 6.45) is 5.06. The van der Waals surface area contributed by atoms with Crippen molar-refractivity contribution in [1.29, 1.82) is 0 Å². The van der Waals surface area contributed by atoms with E-state index in [1.807, 2.05) is 13.8 Å². The molecule has 0 bridgehead atoms. The molecule has 0 heterocycles. The lowest BCUT2D eigenvalue weighted by atomic mass is 9.96. The van der Waals surface area contributed by atoms with Crippen molar-refractivity contribution in [1.82, 2.24) is 5.32 Å². The Bertz CT molecular complexity index is 310. The summed E-state index contributed by atoms with van der Waals surface area (Å²) in [5.74, 6) is -0.685. The Labute approximate surface area is 129 Å². The van der Waals surface area contributed by atoms with Crippen LogP contribution in [-0.2, 0) is 14.2 Å². The molecule has 0 aromatic heterocycles. The van der Waals surface area contributed by atoms with Gasteiger partial charge in [-0.2, -0.15) is 0 Å². The number of carbonyl (C=O) groups excluding carboxylic acids is 1. The van der Waals surface area contributed by atoms with Gasteiger partial charge in [0, 0.05) is 0 Å². The summed E-state index contributed by atoms with van der Waals surface area (Å²) in [7, 11) is 1.42. The molecule has 6 heteroatoms. The number of aliphatic carboxylic acids is 1. The van der Waals surface area contributed by atoms with E-state index in [2.05, 4.69) is 12.2 Å². The van der Waals surface area contributed by atoms with Crippen molar-refractivity contribution < 1.29 is 19.3 Å². The van der Waals surface area contributed by atoms with Crippen LogP contribution in [0.2, 0.25) is 0 Å². The Morgan fingerprint density at radius 2 is 1.86 bits per heavy atom. The van der Waals surface area contributed by atoms with Gasteiger partial charge >= 0.3 is 14.0 Å². The van der Waals surface area contributed by atoms with Crippen LogP contribution in [-0.4, -0.2) is 37.7 Å². The van der Waals surface area contributed by atoms with Crippen molar-refractivity contribution in [3.05, 3.63) is 0 Å². The van der Waals surface area contributed by atoms with E-state index in [1.165, 1.54) is 8.05 Å². The fourth-order valence-corrected chi connectivity index (χ4v) is 2.36. The fraction of sp³-hybridized carbons (Fsp3) is 0.867. The minimum Gasteiger partial charge on any atom is -0.543 e. The number of hydrogen-bond donors (Lipinski definition) is 2. The van der Waals surface area contributed by atoms with Crippen molar-refractivity contribution in [3.8, 4) is 0 Å². The van der Waals surface area contributed by atoms with Crippen LogP contribution in [0, 0.1) is 11.8 Å². The zero-order chi connectivity index (χ0) is 16.3. The second-order valence-corrected chi connectivity index (χ2v) is 5.98. The Morgan fingerprint density at radius 1 is 1.24 bits per heavy atom. The molecule has 0 saturated carbocycles. The van der Waals surface area contributed by atoms with E-state index in [4.69, 9.17) is 9.76 Å². The van der Waals surface area contributed by atoms with Crippen LogP contribution in [0.3, 0.4) is 0 Å². The Kier molecular flexibility index (Phi) is 11.0. The van der Waals surface area contributed by atoms with E-state index in [0.717, 1.165) is 32.1 Å². The molecular formula is C15H30BNO4. The van der Waals surface area contributed by atoms with Crippen molar-refractivity contribution in [2.24, 2.45) is 11.8 Å². The lowest BCUT2D eigenvalue weighted by Gasteiger charge is -2.18. The highest BCUT2D eigenvalue weighted by molar-refractivity contribution is 6.05. The quantitative estimate of drug-likeness (QED) is 0.424. The number of unbranched alkanes of at least 4 members (excludes halogenated alkanes) is 1. The van der Waals surface area contributed by atoms with E-state index in [-0.39, 0.29) is 11.9 Å². The van der Waals surface area contributed by atoms with Gasteiger partial charge < -0.3 is 15.1 Å². The van der Waals surface area contributed by atoms with Gasteiger partial charge in [0.25, 0.3) is 5.97 Å². The van der Waals surface area contributed by atoms with Crippen LogP contribution < -0.4 is 5.32 Å². The Morgan fingerprint density at radius 3 is 2.33 bits per heavy atom. The van der Waals surface area contributed by atoms with Crippen LogP contribution in [0.15, 0.2) is 0 Å². The minimum atomic E-state index is -0.806. The number of carboxylic acid groups (broad SMARTS) is 1. The molecule has 0 aromatic carbocycles. The molecule has 0 aromatic rings. The summed E-state index contributed by atoms with van der Waals surface area (Å²) < 4.78 is 4.82. The van der Waals surface area contributed by atoms with Gasteiger partial charge in [-0.25, -0.2) is 0 Å². The molecule has 0 spiro atoms. The molecular weight excluding hydrogens is 269 g/mol. The van der Waals surface area contributed by atoms with Gasteiger partial charge in [0.05, 0.1) is 5.92 Å². The second kappa shape index (κ2) is 11.6. The van der Waals surface area contributed by atoms with Gasteiger partial charge in [-0.3, -0.25) is 9.59 Å². The number of rotatable bonds is 12. The van der Waals surface area contributed by atoms with Crippen LogP contribution in [0.5, 0.6) is 0 Å². The van der Waals surface area contributed by atoms with E-state index in [9.17, 15) is 9.59 Å². The highest BCUT2D eigenvalue weighted by atomic mass is 16.5. The molecule has 0 radical (unpaired) electrons. The average Bonchev–Trinajstić information content (AvgIpc) is 2.43. The average molecular weight is 299 g/mol. The highest BCUT2D eigenvalue weighted by Crippen LogP contribution is 2.16. The maximum atomic E-state index is 11.7. The molecule has 0 aliphatic heterocycles. The van der Waals surface area contributed by atoms with Gasteiger partial charge in [-0.05, 0) is 38.1 Å². The lowest BCUT2D eigenvalue weighted by Crippen LogP contribution is -2.38. The molecule has 0 aliphatic carbocycles. The molecule has 2 unspecified atom stereocenters. The third kappa shape index (κ3) is 9.50. The molecule has 2 atom stereocenters. The fourth-order valence-electron chi connectivity index (χ4n) is 2.36. The molecule has 0 aliphatic rings. The summed E-state index contributed by atoms with van der Waals surface area (Å²) in [5, 5.41) is 12.2. The zero-order valence-corrected chi connectivity index (χ0v) is 13.9. The van der Waals surface area contributed by atoms with E-state index >= 15 is 0 Å². The van der Waals surface area contributed by atoms with Gasteiger partial charge in [-0.15, -0.1) is 0 Å². The summed E-state index contributed by atoms with van der Waals surface area (Å²) in [6, 6.07) is -0.503. The SMILES string of the molecule is BOC(=O)C(CCCC)CCCNC(CC(C)C)C(=O)O. The lowest BCUT2D eigenvalue weighted by molar-refractivity contribution is -0.140. The molecule has 2 N–H and O–H groups in total. The van der Waals surface area contributed by atoms with Crippen LogP contribution >= 0.6 is 0 Å². The molecule has 0 rings (SSSR count). The molecule has 0 saturated heterocycles. The molecule has 0 fully saturated rings. The minimum absolute atomic E-state index is 0.0647. The maximum absolute atomic E-state index is 11.7. The van der Waals surface area contributed by atoms with Crippen molar-refractivity contribution in [2.75, 3.05) is 6.54 Å². The van der Waals surface area contributed by atoms with Crippen molar-refractivity contribution in [3.63, 3.8) is 0 Å². The molecule has 0 amide bonds. The van der Waals surface area contributed by atoms with Crippen LogP contribution in [0.1, 0.15) is 59.3 Å². The third-order valence-corrected chi connectivity index (χ3v) is 3.57. The summed E-state index contributed by atoms with van der Waals surface area (Å²) in [4.78, 5) is 22.8. The predicted octanol–water partition coefficient (Wildman–Crippen LogP) is 1.75. The van der Waals surface area contributed by atoms with Gasteiger partial charge in [0.15, 0.2) is 0 Å². The second-order valence-electron chi connectivity index (χ2n) is 5.98. The number of hydrogen-bond acceptors (Lipinski definition) is 4. The van der Waals surface area contributed by atoms with Crippen LogP contribution in [0.4, 0.5) is 0 Å². The first-order chi connectivity index (χ1) is 9.92. The van der Waals surface area contributed by atoms with Crippen LogP contribution in [0.25, 0.3) is 0 Å². The normalized spacial score (nSPS) is 13.9. The van der Waals surface area contributed by atoms with E-state index < -0.39 is 12.0 Å². The molecule has 5 nitrogen and oxygen atoms in total. The smallest absolute Gasteiger partial charge is 0.325 e. The van der Waals surface area contributed by atoms with Crippen molar-refractivity contribution in [2.45, 2.75) is 65.3 Å². The monoisotopic (exact) mass is 299 g/mol. The first kappa shape index (κ1) is 20.0. The predicted molar refractivity (Wildman–Crippen MR) is 85.8 cm³/mol.